The minimum atomic E-state index is -1.17. The van der Waals surface area contributed by atoms with Crippen LogP contribution < -0.4 is 16.4 Å². The topological polar surface area (TPSA) is 148 Å². The van der Waals surface area contributed by atoms with Crippen LogP contribution in [0.5, 0.6) is 0 Å². The van der Waals surface area contributed by atoms with Crippen molar-refractivity contribution >= 4 is 23.7 Å². The van der Waals surface area contributed by atoms with Crippen LogP contribution in [0.3, 0.4) is 0 Å². The monoisotopic (exact) mass is 379 g/mol. The molecule has 0 aliphatic heterocycles. The highest BCUT2D eigenvalue weighted by molar-refractivity contribution is 5.87. The lowest BCUT2D eigenvalue weighted by molar-refractivity contribution is -0.129. The highest BCUT2D eigenvalue weighted by Gasteiger charge is 2.20. The smallest absolute Gasteiger partial charge is 0.407 e. The molecule has 0 aliphatic carbocycles. The van der Waals surface area contributed by atoms with Crippen molar-refractivity contribution in [2.75, 3.05) is 6.54 Å². The fraction of sp³-hybridized carbons (Fsp3) is 0.444. The molecule has 1 rings (SSSR count). The quantitative estimate of drug-likeness (QED) is 0.425. The summed E-state index contributed by atoms with van der Waals surface area (Å²) in [6.45, 7) is 1.25. The van der Waals surface area contributed by atoms with Gasteiger partial charge in [0.2, 0.25) is 11.8 Å². The second-order valence-electron chi connectivity index (χ2n) is 6.06. The van der Waals surface area contributed by atoms with Gasteiger partial charge in [-0.05, 0) is 18.9 Å². The first kappa shape index (κ1) is 22.1. The Morgan fingerprint density at radius 3 is 2.44 bits per heavy atom. The lowest BCUT2D eigenvalue weighted by atomic mass is 10.1. The summed E-state index contributed by atoms with van der Waals surface area (Å²) in [5.41, 5.74) is 6.00. The van der Waals surface area contributed by atoms with Gasteiger partial charge in [0, 0.05) is 13.0 Å². The zero-order valence-corrected chi connectivity index (χ0v) is 15.1. The normalized spacial score (nSPS) is 12.5. The van der Waals surface area contributed by atoms with E-state index < -0.39 is 30.1 Å². The number of primary amides is 1. The van der Waals surface area contributed by atoms with Gasteiger partial charge in [0.15, 0.2) is 0 Å². The van der Waals surface area contributed by atoms with E-state index in [1.807, 2.05) is 18.2 Å². The maximum absolute atomic E-state index is 11.9. The summed E-state index contributed by atoms with van der Waals surface area (Å²) in [6.07, 6.45) is -2.05. The summed E-state index contributed by atoms with van der Waals surface area (Å²) in [5, 5.41) is 14.5. The first-order valence-electron chi connectivity index (χ1n) is 8.48. The third kappa shape index (κ3) is 9.95. The number of amides is 3. The molecule has 0 saturated heterocycles. The van der Waals surface area contributed by atoms with Gasteiger partial charge in [0.05, 0.1) is 12.5 Å². The molecule has 0 saturated carbocycles. The zero-order chi connectivity index (χ0) is 20.2. The van der Waals surface area contributed by atoms with Crippen molar-refractivity contribution in [2.24, 2.45) is 5.73 Å². The predicted octanol–water partition coefficient (Wildman–Crippen LogP) is 0.00310. The van der Waals surface area contributed by atoms with Gasteiger partial charge in [0.1, 0.15) is 18.4 Å². The maximum Gasteiger partial charge on any atom is 0.407 e. The second kappa shape index (κ2) is 11.6. The van der Waals surface area contributed by atoms with E-state index in [0.717, 1.165) is 5.56 Å². The van der Waals surface area contributed by atoms with Crippen molar-refractivity contribution in [1.82, 2.24) is 10.6 Å². The first-order valence-corrected chi connectivity index (χ1v) is 8.48. The fourth-order valence-electron chi connectivity index (χ4n) is 2.15. The van der Waals surface area contributed by atoms with Crippen molar-refractivity contribution in [3.63, 3.8) is 0 Å². The molecular weight excluding hydrogens is 354 g/mol. The Hall–Kier alpha value is -2.94. The average molecular weight is 379 g/mol. The maximum atomic E-state index is 11.9. The molecule has 0 unspecified atom stereocenters. The summed E-state index contributed by atoms with van der Waals surface area (Å²) in [7, 11) is 0. The van der Waals surface area contributed by atoms with Crippen molar-refractivity contribution in [3.05, 3.63) is 35.9 Å². The lowest BCUT2D eigenvalue weighted by Gasteiger charge is -2.17. The molecule has 1 aromatic carbocycles. The standard InChI is InChI=1S/C18H25N3O6/c1-12(22)7-8-15(17(19)25)21-16(24)9-14(23)10-20-18(26)27-11-13-5-3-2-4-6-13/h2-6,14-15,23H,7-11H2,1H3,(H2,19,25)(H,20,26)(H,21,24)/t14-,15+/m1/s1. The van der Waals surface area contributed by atoms with E-state index in [2.05, 4.69) is 10.6 Å². The second-order valence-corrected chi connectivity index (χ2v) is 6.06. The van der Waals surface area contributed by atoms with E-state index in [1.54, 1.807) is 12.1 Å². The number of benzene rings is 1. The lowest BCUT2D eigenvalue weighted by Crippen LogP contribution is -2.46. The number of carbonyl (C=O) groups is 4. The van der Waals surface area contributed by atoms with E-state index in [0.29, 0.717) is 0 Å². The van der Waals surface area contributed by atoms with E-state index in [9.17, 15) is 24.3 Å². The van der Waals surface area contributed by atoms with Crippen LogP contribution >= 0.6 is 0 Å². The van der Waals surface area contributed by atoms with Crippen LogP contribution in [0, 0.1) is 0 Å². The SMILES string of the molecule is CC(=O)CC[C@H](NC(=O)C[C@@H](O)CNC(=O)OCc1ccccc1)C(N)=O. The Labute approximate surface area is 157 Å². The van der Waals surface area contributed by atoms with E-state index in [1.165, 1.54) is 6.92 Å². The van der Waals surface area contributed by atoms with Gasteiger partial charge in [-0.1, -0.05) is 30.3 Å². The van der Waals surface area contributed by atoms with Gasteiger partial charge < -0.3 is 31.0 Å². The molecule has 0 fully saturated rings. The number of alkyl carbamates (subject to hydrolysis) is 1. The Morgan fingerprint density at radius 2 is 1.85 bits per heavy atom. The number of carbonyl (C=O) groups excluding carboxylic acids is 4. The van der Waals surface area contributed by atoms with Crippen molar-refractivity contribution < 1.29 is 29.0 Å². The summed E-state index contributed by atoms with van der Waals surface area (Å²) < 4.78 is 4.98. The van der Waals surface area contributed by atoms with Crippen LogP contribution in [0.1, 0.15) is 31.7 Å². The summed E-state index contributed by atoms with van der Waals surface area (Å²) in [6, 6.07) is 8.08. The van der Waals surface area contributed by atoms with Crippen LogP contribution in [0.25, 0.3) is 0 Å². The first-order chi connectivity index (χ1) is 12.8. The Kier molecular flexibility index (Phi) is 9.52. The molecule has 0 radical (unpaired) electrons. The van der Waals surface area contributed by atoms with E-state index in [-0.39, 0.29) is 38.2 Å². The molecule has 9 heteroatoms. The van der Waals surface area contributed by atoms with Crippen LogP contribution in [-0.2, 0) is 25.7 Å². The number of rotatable bonds is 11. The molecular formula is C18H25N3O6. The molecule has 0 aliphatic rings. The number of hydrogen-bond donors (Lipinski definition) is 4. The van der Waals surface area contributed by atoms with Gasteiger partial charge in [-0.3, -0.25) is 9.59 Å². The summed E-state index contributed by atoms with van der Waals surface area (Å²) in [4.78, 5) is 45.7. The molecule has 0 aromatic heterocycles. The zero-order valence-electron chi connectivity index (χ0n) is 15.1. The largest absolute Gasteiger partial charge is 0.445 e. The third-order valence-electron chi connectivity index (χ3n) is 3.58. The molecule has 0 spiro atoms. The van der Waals surface area contributed by atoms with Crippen LogP contribution in [0.2, 0.25) is 0 Å². The molecule has 2 atom stereocenters. The highest BCUT2D eigenvalue weighted by Crippen LogP contribution is 2.02. The Morgan fingerprint density at radius 1 is 1.19 bits per heavy atom. The molecule has 5 N–H and O–H groups in total. The number of nitrogens with two attached hydrogens (primary N) is 1. The van der Waals surface area contributed by atoms with Gasteiger partial charge >= 0.3 is 6.09 Å². The summed E-state index contributed by atoms with van der Waals surface area (Å²) >= 11 is 0. The number of ketones is 1. The molecule has 27 heavy (non-hydrogen) atoms. The van der Waals surface area contributed by atoms with Crippen LogP contribution in [0.4, 0.5) is 4.79 Å². The summed E-state index contributed by atoms with van der Waals surface area (Å²) in [5.74, 6) is -1.51. The van der Waals surface area contributed by atoms with Crippen LogP contribution in [0.15, 0.2) is 30.3 Å². The fourth-order valence-corrected chi connectivity index (χ4v) is 2.15. The van der Waals surface area contributed by atoms with Gasteiger partial charge in [-0.25, -0.2) is 4.79 Å². The molecule has 3 amide bonds. The number of aliphatic hydroxyl groups is 1. The molecule has 0 heterocycles. The molecule has 1 aromatic rings. The van der Waals surface area contributed by atoms with Crippen LogP contribution in [-0.4, -0.2) is 47.5 Å². The number of hydrogen-bond acceptors (Lipinski definition) is 6. The van der Waals surface area contributed by atoms with E-state index >= 15 is 0 Å². The number of Topliss-reactive ketones (excluding diaryl/α,β-unsaturated/α-hetero) is 1. The third-order valence-corrected chi connectivity index (χ3v) is 3.58. The number of nitrogens with one attached hydrogen (secondary N) is 2. The predicted molar refractivity (Wildman–Crippen MR) is 96.3 cm³/mol. The van der Waals surface area contributed by atoms with Gasteiger partial charge in [-0.2, -0.15) is 0 Å². The molecule has 148 valence electrons. The minimum absolute atomic E-state index is 0.0830. The van der Waals surface area contributed by atoms with Crippen molar-refractivity contribution in [2.45, 2.75) is 44.9 Å². The minimum Gasteiger partial charge on any atom is -0.445 e. The van der Waals surface area contributed by atoms with E-state index in [4.69, 9.17) is 10.5 Å². The average Bonchev–Trinajstić information content (AvgIpc) is 2.62. The molecule has 0 bridgehead atoms. The number of ether oxygens (including phenoxy) is 1. The Bertz CT molecular complexity index is 650. The van der Waals surface area contributed by atoms with Crippen molar-refractivity contribution in [1.29, 1.82) is 0 Å². The van der Waals surface area contributed by atoms with Gasteiger partial charge in [-0.15, -0.1) is 0 Å². The molecule has 9 nitrogen and oxygen atoms in total. The highest BCUT2D eigenvalue weighted by atomic mass is 16.5. The van der Waals surface area contributed by atoms with Gasteiger partial charge in [0.25, 0.3) is 0 Å². The number of aliphatic hydroxyl groups excluding tert-OH is 1. The Balaban J connectivity index is 2.30. The van der Waals surface area contributed by atoms with Crippen molar-refractivity contribution in [3.8, 4) is 0 Å².